The van der Waals surface area contributed by atoms with Crippen LogP contribution in [0.1, 0.15) is 0 Å². The van der Waals surface area contributed by atoms with Crippen LogP contribution in [-0.2, 0) is 9.59 Å². The molecule has 0 saturated carbocycles. The fourth-order valence-corrected chi connectivity index (χ4v) is 0.968. The summed E-state index contributed by atoms with van der Waals surface area (Å²) in [6.45, 7) is 0. The van der Waals surface area contributed by atoms with Crippen LogP contribution in [0.4, 0.5) is 0 Å². The van der Waals surface area contributed by atoms with Crippen molar-refractivity contribution in [3.8, 4) is 0 Å². The van der Waals surface area contributed by atoms with Gasteiger partial charge in [-0.25, -0.2) is 9.98 Å². The molecule has 1 aromatic rings. The fourth-order valence-electron chi connectivity index (χ4n) is 0.968. The van der Waals surface area contributed by atoms with E-state index in [0.717, 1.165) is 0 Å². The molecule has 66 valence electrons. The van der Waals surface area contributed by atoms with Crippen molar-refractivity contribution < 1.29 is 9.59 Å². The van der Waals surface area contributed by atoms with E-state index in [0.29, 0.717) is 10.7 Å². The minimum Gasteiger partial charge on any atom is -0.261 e. The summed E-state index contributed by atoms with van der Waals surface area (Å²) < 4.78 is 0. The predicted molar refractivity (Wildman–Crippen MR) is 46.0 cm³/mol. The summed E-state index contributed by atoms with van der Waals surface area (Å²) in [6.07, 6.45) is 0. The smallest absolute Gasteiger partial charge is 0.261 e. The molecule has 2 amide bonds. The number of benzene rings is 1. The van der Waals surface area contributed by atoms with Gasteiger partial charge in [0.2, 0.25) is 0 Å². The van der Waals surface area contributed by atoms with Gasteiger partial charge < -0.3 is 0 Å². The second-order valence-electron chi connectivity index (χ2n) is 2.32. The predicted octanol–water partition coefficient (Wildman–Crippen LogP) is -0.586. The van der Waals surface area contributed by atoms with Crippen molar-refractivity contribution in [2.75, 3.05) is 0 Å². The zero-order valence-electron chi connectivity index (χ0n) is 6.43. The number of amides is 2. The van der Waals surface area contributed by atoms with Crippen molar-refractivity contribution in [1.82, 2.24) is 0 Å². The van der Waals surface area contributed by atoms with Crippen LogP contribution in [0.2, 0.25) is 0 Å². The zero-order valence-corrected chi connectivity index (χ0v) is 7.25. The number of halogens is 1. The molecule has 0 bridgehead atoms. The van der Waals surface area contributed by atoms with Gasteiger partial charge in [-0.3, -0.25) is 9.59 Å². The Morgan fingerprint density at radius 2 is 1.23 bits per heavy atom. The van der Waals surface area contributed by atoms with Gasteiger partial charge in [0.1, 0.15) is 0 Å². The highest BCUT2D eigenvalue weighted by Gasteiger charge is 2.13. The minimum absolute atomic E-state index is 0. The lowest BCUT2D eigenvalue weighted by Gasteiger charge is -1.94. The molecule has 13 heavy (non-hydrogen) atoms. The fraction of sp³-hybridized carbons (Fsp3) is 0. The van der Waals surface area contributed by atoms with Crippen LogP contribution in [0.3, 0.4) is 0 Å². The molecule has 2 rings (SSSR count). The second-order valence-corrected chi connectivity index (χ2v) is 2.32. The molecule has 0 aliphatic carbocycles. The van der Waals surface area contributed by atoms with E-state index in [2.05, 4.69) is 9.98 Å². The highest BCUT2D eigenvalue weighted by Crippen LogP contribution is 1.83. The molecule has 4 nitrogen and oxygen atoms in total. The number of hydrogen-bond acceptors (Lipinski definition) is 2. The van der Waals surface area contributed by atoms with E-state index in [1.165, 1.54) is 0 Å². The third kappa shape index (κ3) is 1.62. The van der Waals surface area contributed by atoms with Crippen molar-refractivity contribution in [3.63, 3.8) is 0 Å². The first kappa shape index (κ1) is 9.54. The van der Waals surface area contributed by atoms with Gasteiger partial charge in [-0.1, -0.05) is 12.1 Å². The van der Waals surface area contributed by atoms with Gasteiger partial charge in [-0.2, -0.15) is 0 Å². The maximum atomic E-state index is 10.7. The number of carbonyl (C=O) groups is 2. The maximum absolute atomic E-state index is 10.7. The van der Waals surface area contributed by atoms with Gasteiger partial charge in [-0.15, -0.1) is 12.4 Å². The quantitative estimate of drug-likeness (QED) is 0.521. The van der Waals surface area contributed by atoms with E-state index >= 15 is 0 Å². The Hall–Kier alpha value is -1.55. The van der Waals surface area contributed by atoms with Gasteiger partial charge in [-0.05, 0) is 12.1 Å². The zero-order chi connectivity index (χ0) is 8.55. The van der Waals surface area contributed by atoms with E-state index in [1.807, 2.05) is 0 Å². The Bertz CT molecular complexity index is 436. The highest BCUT2D eigenvalue weighted by molar-refractivity contribution is 6.36. The van der Waals surface area contributed by atoms with E-state index < -0.39 is 11.8 Å². The molecule has 0 unspecified atom stereocenters. The van der Waals surface area contributed by atoms with Crippen molar-refractivity contribution in [3.05, 3.63) is 35.0 Å². The van der Waals surface area contributed by atoms with Crippen LogP contribution < -0.4 is 10.7 Å². The molecule has 1 aliphatic heterocycles. The monoisotopic (exact) mass is 196 g/mol. The molecule has 0 N–H and O–H groups in total. The summed E-state index contributed by atoms with van der Waals surface area (Å²) in [5, 5.41) is 0.921. The maximum Gasteiger partial charge on any atom is 0.338 e. The Morgan fingerprint density at radius 1 is 0.846 bits per heavy atom. The molecule has 0 aromatic heterocycles. The van der Waals surface area contributed by atoms with Gasteiger partial charge in [0, 0.05) is 0 Å². The molecule has 0 spiro atoms. The molecule has 0 saturated heterocycles. The van der Waals surface area contributed by atoms with Crippen molar-refractivity contribution in [2.45, 2.75) is 0 Å². The number of carbonyl (C=O) groups excluding carboxylic acids is 2. The van der Waals surface area contributed by atoms with Crippen LogP contribution in [0.5, 0.6) is 0 Å². The van der Waals surface area contributed by atoms with E-state index in [1.54, 1.807) is 24.3 Å². The third-order valence-electron chi connectivity index (χ3n) is 1.51. The molecule has 5 heteroatoms. The largest absolute Gasteiger partial charge is 0.338 e. The Morgan fingerprint density at radius 3 is 1.62 bits per heavy atom. The summed E-state index contributed by atoms with van der Waals surface area (Å²) >= 11 is 0. The number of fused-ring (bicyclic) bond motifs is 1. The normalized spacial score (nSPS) is 13.5. The molecule has 1 heterocycles. The molecular formula is C8H5ClN2O2. The summed E-state index contributed by atoms with van der Waals surface area (Å²) in [5.41, 5.74) is 0. The van der Waals surface area contributed by atoms with Crippen molar-refractivity contribution in [2.24, 2.45) is 9.98 Å². The van der Waals surface area contributed by atoms with Gasteiger partial charge in [0.05, 0.1) is 10.7 Å². The number of rotatable bonds is 0. The van der Waals surface area contributed by atoms with Crippen molar-refractivity contribution in [1.29, 1.82) is 0 Å². The number of nitrogens with zero attached hydrogens (tertiary/aromatic N) is 2. The molecule has 1 aromatic carbocycles. The SMILES string of the molecule is Cl.O=C1N=c2ccccc2=NC1=O. The molecule has 0 fully saturated rings. The summed E-state index contributed by atoms with van der Waals surface area (Å²) in [7, 11) is 0. The molecular weight excluding hydrogens is 192 g/mol. The first-order valence-corrected chi connectivity index (χ1v) is 3.38. The molecule has 1 aliphatic rings. The average molecular weight is 197 g/mol. The van der Waals surface area contributed by atoms with Crippen molar-refractivity contribution >= 4 is 24.2 Å². The van der Waals surface area contributed by atoms with Gasteiger partial charge in [0.15, 0.2) is 0 Å². The summed E-state index contributed by atoms with van der Waals surface area (Å²) in [4.78, 5) is 28.6. The Labute approximate surface area is 79.4 Å². The number of hydrogen-bond donors (Lipinski definition) is 0. The lowest BCUT2D eigenvalue weighted by molar-refractivity contribution is -0.135. The van der Waals surface area contributed by atoms with Gasteiger partial charge >= 0.3 is 11.8 Å². The van der Waals surface area contributed by atoms with E-state index in [9.17, 15) is 9.59 Å². The average Bonchev–Trinajstić information content (AvgIpc) is 2.07. The lowest BCUT2D eigenvalue weighted by Crippen LogP contribution is -2.33. The topological polar surface area (TPSA) is 58.9 Å². The van der Waals surface area contributed by atoms with Gasteiger partial charge in [0.25, 0.3) is 0 Å². The van der Waals surface area contributed by atoms with Crippen LogP contribution in [0.15, 0.2) is 34.3 Å². The third-order valence-corrected chi connectivity index (χ3v) is 1.51. The number of para-hydroxylation sites is 2. The first-order valence-electron chi connectivity index (χ1n) is 3.38. The Balaban J connectivity index is 0.000000845. The first-order chi connectivity index (χ1) is 5.77. The standard InChI is InChI=1S/C8H4N2O2.ClH/c11-7-8(12)10-6-4-2-1-3-5(6)9-7;/h1-4H;1H. The lowest BCUT2D eigenvalue weighted by atomic mass is 10.3. The second kappa shape index (κ2) is 3.45. The summed E-state index contributed by atoms with van der Waals surface area (Å²) in [6, 6.07) is 6.76. The van der Waals surface area contributed by atoms with Crippen LogP contribution in [0, 0.1) is 0 Å². The highest BCUT2D eigenvalue weighted by atomic mass is 35.5. The van der Waals surface area contributed by atoms with Crippen LogP contribution in [-0.4, -0.2) is 11.8 Å². The molecule has 0 radical (unpaired) electrons. The van der Waals surface area contributed by atoms with Crippen LogP contribution in [0.25, 0.3) is 0 Å². The Kier molecular flexibility index (Phi) is 2.53. The molecule has 0 atom stereocenters. The van der Waals surface area contributed by atoms with Crippen LogP contribution >= 0.6 is 12.4 Å². The minimum atomic E-state index is -0.797. The van der Waals surface area contributed by atoms with E-state index in [-0.39, 0.29) is 12.4 Å². The van der Waals surface area contributed by atoms with E-state index in [4.69, 9.17) is 0 Å². The summed E-state index contributed by atoms with van der Waals surface area (Å²) in [5.74, 6) is -1.59.